The number of furan rings is 1. The van der Waals surface area contributed by atoms with E-state index in [0.29, 0.717) is 30.1 Å². The Bertz CT molecular complexity index is 848. The first-order chi connectivity index (χ1) is 13.6. The molecule has 0 radical (unpaired) electrons. The van der Waals surface area contributed by atoms with Crippen LogP contribution in [0.25, 0.3) is 0 Å². The van der Waals surface area contributed by atoms with Gasteiger partial charge in [0.05, 0.1) is 19.1 Å². The van der Waals surface area contributed by atoms with E-state index in [9.17, 15) is 14.4 Å². The van der Waals surface area contributed by atoms with E-state index in [1.54, 1.807) is 42.3 Å². The predicted molar refractivity (Wildman–Crippen MR) is 103 cm³/mol. The molecule has 0 bridgehead atoms. The number of hydrogen-bond acceptors (Lipinski definition) is 5. The van der Waals surface area contributed by atoms with Gasteiger partial charge in [0.25, 0.3) is 5.91 Å². The van der Waals surface area contributed by atoms with Gasteiger partial charge in [0.1, 0.15) is 5.75 Å². The third kappa shape index (κ3) is 4.70. The molecule has 1 aromatic heterocycles. The lowest BCUT2D eigenvalue weighted by Crippen LogP contribution is -2.35. The number of carbonyl (C=O) groups is 3. The lowest BCUT2D eigenvalue weighted by Gasteiger charge is -2.28. The highest BCUT2D eigenvalue weighted by Gasteiger charge is 2.23. The van der Waals surface area contributed by atoms with Gasteiger partial charge in [0.2, 0.25) is 11.8 Å². The zero-order valence-electron chi connectivity index (χ0n) is 15.7. The summed E-state index contributed by atoms with van der Waals surface area (Å²) in [6.07, 6.45) is 3.85. The van der Waals surface area contributed by atoms with Gasteiger partial charge >= 0.3 is 0 Å². The Morgan fingerprint density at radius 3 is 2.82 bits per heavy atom. The highest BCUT2D eigenvalue weighted by molar-refractivity contribution is 5.98. The van der Waals surface area contributed by atoms with E-state index >= 15 is 0 Å². The molecule has 8 heteroatoms. The normalized spacial score (nSPS) is 13.9. The zero-order valence-corrected chi connectivity index (χ0v) is 15.7. The van der Waals surface area contributed by atoms with Crippen molar-refractivity contribution in [2.24, 2.45) is 0 Å². The molecule has 1 aliphatic rings. The number of amides is 3. The number of ether oxygens (including phenoxy) is 1. The maximum absolute atomic E-state index is 12.2. The summed E-state index contributed by atoms with van der Waals surface area (Å²) in [7, 11) is 1.55. The van der Waals surface area contributed by atoms with Crippen LogP contribution in [0.2, 0.25) is 0 Å². The molecule has 148 valence electrons. The molecule has 0 atom stereocenters. The van der Waals surface area contributed by atoms with Crippen LogP contribution < -0.4 is 20.3 Å². The lowest BCUT2D eigenvalue weighted by molar-refractivity contribution is -0.119. The van der Waals surface area contributed by atoms with Gasteiger partial charge in [-0.2, -0.15) is 0 Å². The first-order valence-electron chi connectivity index (χ1n) is 9.18. The topological polar surface area (TPSA) is 101 Å². The number of methoxy groups -OCH3 is 1. The van der Waals surface area contributed by atoms with E-state index < -0.39 is 0 Å². The number of hydrogen-bond donors (Lipinski definition) is 2. The fourth-order valence-corrected chi connectivity index (χ4v) is 3.05. The molecule has 1 aromatic carbocycles. The fourth-order valence-electron chi connectivity index (χ4n) is 3.05. The van der Waals surface area contributed by atoms with E-state index in [2.05, 4.69) is 10.6 Å². The SMILES string of the molecule is COc1ccc(NC(=O)CCNC(=O)c2ccco2)cc1N1CCCCC1=O. The average Bonchev–Trinajstić information content (AvgIpc) is 3.23. The summed E-state index contributed by atoms with van der Waals surface area (Å²) in [5, 5.41) is 5.41. The molecule has 28 heavy (non-hydrogen) atoms. The second kappa shape index (κ2) is 9.07. The standard InChI is InChI=1S/C20H23N3O5/c1-27-16-8-7-14(13-15(16)23-11-3-2-6-19(23)25)22-18(24)9-10-21-20(26)17-5-4-12-28-17/h4-5,7-8,12-13H,2-3,6,9-11H2,1H3,(H,21,26)(H,22,24). The van der Waals surface area contributed by atoms with Gasteiger partial charge in [-0.3, -0.25) is 14.4 Å². The monoisotopic (exact) mass is 385 g/mol. The van der Waals surface area contributed by atoms with Gasteiger partial charge in [-0.05, 0) is 43.2 Å². The summed E-state index contributed by atoms with van der Waals surface area (Å²) in [6, 6.07) is 8.36. The molecule has 2 heterocycles. The minimum atomic E-state index is -0.367. The van der Waals surface area contributed by atoms with Crippen LogP contribution in [0, 0.1) is 0 Å². The van der Waals surface area contributed by atoms with Crippen LogP contribution in [0.15, 0.2) is 41.0 Å². The molecule has 0 unspecified atom stereocenters. The van der Waals surface area contributed by atoms with E-state index in [0.717, 1.165) is 12.8 Å². The molecule has 2 N–H and O–H groups in total. The number of rotatable bonds is 7. The Kier molecular flexibility index (Phi) is 6.31. The maximum atomic E-state index is 12.2. The molecule has 1 fully saturated rings. The van der Waals surface area contributed by atoms with E-state index in [4.69, 9.17) is 9.15 Å². The molecular formula is C20H23N3O5. The molecular weight excluding hydrogens is 362 g/mol. The third-order valence-corrected chi connectivity index (χ3v) is 4.46. The molecule has 8 nitrogen and oxygen atoms in total. The van der Waals surface area contributed by atoms with Crippen molar-refractivity contribution in [1.29, 1.82) is 0 Å². The second-order valence-corrected chi connectivity index (χ2v) is 6.42. The van der Waals surface area contributed by atoms with Gasteiger partial charge in [0, 0.05) is 31.6 Å². The van der Waals surface area contributed by atoms with Crippen molar-refractivity contribution in [2.75, 3.05) is 30.4 Å². The van der Waals surface area contributed by atoms with E-state index in [1.165, 1.54) is 6.26 Å². The Morgan fingerprint density at radius 2 is 2.11 bits per heavy atom. The maximum Gasteiger partial charge on any atom is 0.286 e. The molecule has 0 aliphatic carbocycles. The summed E-state index contributed by atoms with van der Waals surface area (Å²) in [6.45, 7) is 0.810. The van der Waals surface area contributed by atoms with Crippen molar-refractivity contribution in [2.45, 2.75) is 25.7 Å². The Balaban J connectivity index is 1.58. The summed E-state index contributed by atoms with van der Waals surface area (Å²) in [4.78, 5) is 37.9. The van der Waals surface area contributed by atoms with E-state index in [1.807, 2.05) is 0 Å². The van der Waals surface area contributed by atoms with Crippen LogP contribution in [0.5, 0.6) is 5.75 Å². The van der Waals surface area contributed by atoms with Gasteiger partial charge in [-0.25, -0.2) is 0 Å². The third-order valence-electron chi connectivity index (χ3n) is 4.46. The van der Waals surface area contributed by atoms with Crippen LogP contribution >= 0.6 is 0 Å². The van der Waals surface area contributed by atoms with Crippen molar-refractivity contribution in [1.82, 2.24) is 5.32 Å². The highest BCUT2D eigenvalue weighted by Crippen LogP contribution is 2.33. The van der Waals surface area contributed by atoms with Crippen molar-refractivity contribution in [3.05, 3.63) is 42.4 Å². The smallest absolute Gasteiger partial charge is 0.286 e. The first-order valence-corrected chi connectivity index (χ1v) is 9.18. The average molecular weight is 385 g/mol. The second-order valence-electron chi connectivity index (χ2n) is 6.42. The number of nitrogens with zero attached hydrogens (tertiary/aromatic N) is 1. The van der Waals surface area contributed by atoms with Crippen molar-refractivity contribution in [3.8, 4) is 5.75 Å². The molecule has 3 amide bonds. The van der Waals surface area contributed by atoms with Gasteiger partial charge in [-0.15, -0.1) is 0 Å². The number of anilines is 2. The van der Waals surface area contributed by atoms with Crippen LogP contribution in [0.1, 0.15) is 36.2 Å². The highest BCUT2D eigenvalue weighted by atomic mass is 16.5. The Morgan fingerprint density at radius 1 is 1.25 bits per heavy atom. The van der Waals surface area contributed by atoms with Crippen LogP contribution in [0.4, 0.5) is 11.4 Å². The number of carbonyl (C=O) groups excluding carboxylic acids is 3. The van der Waals surface area contributed by atoms with Gasteiger partial charge in [0.15, 0.2) is 5.76 Å². The Labute approximate surface area is 162 Å². The fraction of sp³-hybridized carbons (Fsp3) is 0.350. The van der Waals surface area contributed by atoms with Crippen molar-refractivity contribution < 1.29 is 23.5 Å². The van der Waals surface area contributed by atoms with E-state index in [-0.39, 0.29) is 36.4 Å². The summed E-state index contributed by atoms with van der Waals surface area (Å²) in [5.74, 6) is 0.216. The zero-order chi connectivity index (χ0) is 19.9. The first kappa shape index (κ1) is 19.5. The number of benzene rings is 1. The Hall–Kier alpha value is -3.29. The summed E-state index contributed by atoms with van der Waals surface area (Å²) >= 11 is 0. The molecule has 0 spiro atoms. The lowest BCUT2D eigenvalue weighted by atomic mass is 10.1. The number of piperidine rings is 1. The van der Waals surface area contributed by atoms with Gasteiger partial charge in [-0.1, -0.05) is 0 Å². The molecule has 3 rings (SSSR count). The minimum Gasteiger partial charge on any atom is -0.495 e. The molecule has 0 saturated carbocycles. The van der Waals surface area contributed by atoms with Crippen LogP contribution in [-0.4, -0.2) is 37.9 Å². The van der Waals surface area contributed by atoms with Crippen molar-refractivity contribution in [3.63, 3.8) is 0 Å². The summed E-state index contributed by atoms with van der Waals surface area (Å²) < 4.78 is 10.4. The van der Waals surface area contributed by atoms with Gasteiger partial charge < -0.3 is 24.7 Å². The minimum absolute atomic E-state index is 0.0497. The predicted octanol–water partition coefficient (Wildman–Crippen LogP) is 2.56. The van der Waals surface area contributed by atoms with Crippen LogP contribution in [-0.2, 0) is 9.59 Å². The summed E-state index contributed by atoms with van der Waals surface area (Å²) in [5.41, 5.74) is 1.22. The van der Waals surface area contributed by atoms with Crippen LogP contribution in [0.3, 0.4) is 0 Å². The molecule has 1 saturated heterocycles. The largest absolute Gasteiger partial charge is 0.495 e. The quantitative estimate of drug-likeness (QED) is 0.763. The molecule has 2 aromatic rings. The molecule has 1 aliphatic heterocycles. The van der Waals surface area contributed by atoms with Crippen molar-refractivity contribution >= 4 is 29.1 Å². The number of nitrogens with one attached hydrogen (secondary N) is 2.